The minimum Gasteiger partial charge on any atom is -0.394 e. The molecule has 0 N–H and O–H groups in total. The Kier molecular flexibility index (Phi) is 6.91. The zero-order chi connectivity index (χ0) is 25.6. The third-order valence-electron chi connectivity index (χ3n) is 6.67. The molecule has 0 bridgehead atoms. The summed E-state index contributed by atoms with van der Waals surface area (Å²) in [5, 5.41) is 2.34. The van der Waals surface area contributed by atoms with Gasteiger partial charge in [0.2, 0.25) is 6.33 Å². The minimum atomic E-state index is -0.0396. The predicted octanol–water partition coefficient (Wildman–Crippen LogP) is 7.05. The summed E-state index contributed by atoms with van der Waals surface area (Å²) in [4.78, 5) is 6.48. The third-order valence-corrected chi connectivity index (χ3v) is 6.67. The molecule has 0 amide bonds. The van der Waals surface area contributed by atoms with Gasteiger partial charge in [-0.2, -0.15) is 0 Å². The Morgan fingerprint density at radius 1 is 0.842 bits per heavy atom. The van der Waals surface area contributed by atoms with E-state index in [2.05, 4.69) is 114 Å². The monoisotopic (exact) mass is 673 g/mol. The van der Waals surface area contributed by atoms with Gasteiger partial charge in [0.1, 0.15) is 0 Å². The molecule has 6 aromatic rings. The number of pyridine rings is 1. The Morgan fingerprint density at radius 2 is 1.63 bits per heavy atom. The number of benzene rings is 4. The van der Waals surface area contributed by atoms with Crippen LogP contribution in [0.25, 0.3) is 38.8 Å². The molecule has 188 valence electrons. The average molecular weight is 673 g/mol. The van der Waals surface area contributed by atoms with Crippen molar-refractivity contribution in [2.24, 2.45) is 0 Å². The maximum absolute atomic E-state index is 4.22. The second-order valence-corrected chi connectivity index (χ2v) is 10.2. The maximum atomic E-state index is 4.22. The fourth-order valence-corrected chi connectivity index (χ4v) is 4.85. The van der Waals surface area contributed by atoms with E-state index in [1.807, 2.05) is 42.5 Å². The van der Waals surface area contributed by atoms with Gasteiger partial charge in [-0.05, 0) is 50.0 Å². The summed E-state index contributed by atoms with van der Waals surface area (Å²) < 4.78 is 4.41. The molecule has 0 saturated heterocycles. The first-order chi connectivity index (χ1) is 17.9. The number of rotatable bonds is 1. The molecular weight excluding hydrogens is 645 g/mol. The predicted molar refractivity (Wildman–Crippen MR) is 150 cm³/mol. The van der Waals surface area contributed by atoms with Crippen LogP contribution in [0.2, 0.25) is 0 Å². The quantitative estimate of drug-likeness (QED) is 0.138. The Balaban J connectivity index is 0.000000191. The number of fused-ring (bicyclic) bond motifs is 3. The molecule has 0 atom stereocenters. The van der Waals surface area contributed by atoms with E-state index in [4.69, 9.17) is 0 Å². The van der Waals surface area contributed by atoms with Gasteiger partial charge < -0.3 is 19.0 Å². The molecular formula is C33H28IrN4+. The van der Waals surface area contributed by atoms with Crippen molar-refractivity contribution in [3.8, 4) is 16.9 Å². The van der Waals surface area contributed by atoms with Gasteiger partial charge >= 0.3 is 20.1 Å². The van der Waals surface area contributed by atoms with Crippen LogP contribution in [0.4, 0.5) is 11.4 Å². The van der Waals surface area contributed by atoms with Crippen LogP contribution in [0.3, 0.4) is 0 Å². The third kappa shape index (κ3) is 4.53. The van der Waals surface area contributed by atoms with Crippen molar-refractivity contribution in [3.05, 3.63) is 116 Å². The minimum absolute atomic E-state index is 0. The number of aromatic nitrogens is 3. The largest absolute Gasteiger partial charge is 3.00 e. The molecule has 0 aliphatic carbocycles. The van der Waals surface area contributed by atoms with Crippen LogP contribution >= 0.6 is 0 Å². The smallest absolute Gasteiger partial charge is 0.394 e. The summed E-state index contributed by atoms with van der Waals surface area (Å²) in [6.07, 6.45) is 5.38. The van der Waals surface area contributed by atoms with E-state index in [1.165, 1.54) is 22.1 Å². The Morgan fingerprint density at radius 3 is 2.37 bits per heavy atom. The molecule has 0 spiro atoms. The molecule has 1 aliphatic heterocycles. The van der Waals surface area contributed by atoms with Gasteiger partial charge in [-0.3, -0.25) is 0 Å². The van der Waals surface area contributed by atoms with Crippen LogP contribution in [0.5, 0.6) is 0 Å². The molecule has 5 heteroatoms. The molecule has 3 heterocycles. The van der Waals surface area contributed by atoms with E-state index in [0.29, 0.717) is 0 Å². The van der Waals surface area contributed by atoms with Crippen molar-refractivity contribution in [1.82, 2.24) is 9.55 Å². The van der Waals surface area contributed by atoms with E-state index in [-0.39, 0.29) is 25.6 Å². The van der Waals surface area contributed by atoms with Crippen molar-refractivity contribution in [2.45, 2.75) is 26.3 Å². The molecule has 0 radical (unpaired) electrons. The first kappa shape index (κ1) is 25.8. The molecule has 0 saturated carbocycles. The topological polar surface area (TPSA) is 24.9 Å². The number of hydrogen-bond donors (Lipinski definition) is 0. The normalized spacial score (nSPS) is 11.9. The number of hydrogen-bond acceptors (Lipinski definition) is 2. The maximum Gasteiger partial charge on any atom is 3.00 e. The fourth-order valence-electron chi connectivity index (χ4n) is 4.85. The summed E-state index contributed by atoms with van der Waals surface area (Å²) in [6, 6.07) is 37.6. The van der Waals surface area contributed by atoms with E-state index in [0.717, 1.165) is 28.0 Å². The summed E-state index contributed by atoms with van der Waals surface area (Å²) in [7, 11) is 2.13. The Hall–Kier alpha value is -3.79. The number of para-hydroxylation sites is 1. The van der Waals surface area contributed by atoms with Gasteiger partial charge in [-0.1, -0.05) is 36.4 Å². The van der Waals surface area contributed by atoms with Crippen LogP contribution < -0.4 is 9.47 Å². The van der Waals surface area contributed by atoms with E-state index < -0.39 is 0 Å². The van der Waals surface area contributed by atoms with Crippen LogP contribution in [-0.4, -0.2) is 16.6 Å². The van der Waals surface area contributed by atoms with Crippen LogP contribution in [-0.2, 0) is 25.6 Å². The number of nitrogens with zero attached hydrogens (tertiary/aromatic N) is 4. The second-order valence-electron chi connectivity index (χ2n) is 10.2. The zero-order valence-corrected chi connectivity index (χ0v) is 24.3. The van der Waals surface area contributed by atoms with Crippen molar-refractivity contribution in [3.63, 3.8) is 0 Å². The van der Waals surface area contributed by atoms with Crippen molar-refractivity contribution in [2.75, 3.05) is 11.9 Å². The first-order valence-corrected chi connectivity index (χ1v) is 12.5. The fraction of sp³-hybridized carbons (Fsp3) is 0.152. The van der Waals surface area contributed by atoms with Gasteiger partial charge in [-0.15, -0.1) is 70.9 Å². The molecule has 4 aromatic carbocycles. The van der Waals surface area contributed by atoms with E-state index >= 15 is 0 Å². The van der Waals surface area contributed by atoms with Crippen LogP contribution in [0.15, 0.2) is 97.2 Å². The summed E-state index contributed by atoms with van der Waals surface area (Å²) in [5.74, 6) is 0. The summed E-state index contributed by atoms with van der Waals surface area (Å²) in [6.45, 7) is 6.64. The Bertz CT molecular complexity index is 1680. The molecule has 2 aromatic heterocycles. The van der Waals surface area contributed by atoms with Gasteiger partial charge in [0.05, 0.1) is 16.6 Å². The SMILES string of the molecule is CN1c2cc3ccccc3[c-]c2-[n+]2[c-]n(C(C)(C)C)c3cccc1c32.[Ir+3].[c-]1ccccc1-c1ccccn1. The Labute approximate surface area is 237 Å². The molecule has 0 fully saturated rings. The van der Waals surface area contributed by atoms with Gasteiger partial charge in [-0.25, -0.2) is 0 Å². The van der Waals surface area contributed by atoms with Crippen LogP contribution in [0.1, 0.15) is 20.8 Å². The zero-order valence-electron chi connectivity index (χ0n) is 21.9. The van der Waals surface area contributed by atoms with E-state index in [9.17, 15) is 0 Å². The summed E-state index contributed by atoms with van der Waals surface area (Å²) >= 11 is 0. The first-order valence-electron chi connectivity index (χ1n) is 12.5. The van der Waals surface area contributed by atoms with Crippen LogP contribution in [0, 0.1) is 18.5 Å². The molecule has 4 nitrogen and oxygen atoms in total. The second kappa shape index (κ2) is 10.2. The number of anilines is 2. The van der Waals surface area contributed by atoms with E-state index in [1.54, 1.807) is 6.20 Å². The van der Waals surface area contributed by atoms with Crippen molar-refractivity contribution < 1.29 is 24.7 Å². The standard InChI is InChI=1S/C22H20N3.C11H8N.Ir/c1-22(2,3)25-14-24-20-13-16-9-6-5-8-15(16)12-19(20)23(4)17-10-7-11-18(25)21(17)24;1-2-6-10(7-3-1)11-8-4-5-9-12-11;/h5-12H,1-4H3;1-6,8-9H;/q2*-1;+3. The van der Waals surface area contributed by atoms with Gasteiger partial charge in [0, 0.05) is 18.9 Å². The number of imidazole rings is 1. The summed E-state index contributed by atoms with van der Waals surface area (Å²) in [5.41, 5.74) is 7.79. The van der Waals surface area contributed by atoms with Crippen molar-refractivity contribution in [1.29, 1.82) is 0 Å². The van der Waals surface area contributed by atoms with Gasteiger partial charge in [0.25, 0.3) is 0 Å². The molecule has 0 unspecified atom stereocenters. The average Bonchev–Trinajstić information content (AvgIpc) is 3.34. The van der Waals surface area contributed by atoms with Crippen molar-refractivity contribution >= 4 is 33.2 Å². The molecule has 1 aliphatic rings. The molecule has 7 rings (SSSR count). The molecule has 38 heavy (non-hydrogen) atoms. The van der Waals surface area contributed by atoms with Gasteiger partial charge in [0.15, 0.2) is 0 Å².